The van der Waals surface area contributed by atoms with Gasteiger partial charge in [-0.3, -0.25) is 4.79 Å². The van der Waals surface area contributed by atoms with Crippen molar-refractivity contribution in [1.82, 2.24) is 0 Å². The molecule has 29 heavy (non-hydrogen) atoms. The van der Waals surface area contributed by atoms with Gasteiger partial charge in [0, 0.05) is 28.5 Å². The Morgan fingerprint density at radius 1 is 1.31 bits per heavy atom. The van der Waals surface area contributed by atoms with Gasteiger partial charge in [0.25, 0.3) is 5.91 Å². The van der Waals surface area contributed by atoms with Crippen molar-refractivity contribution in [2.45, 2.75) is 45.6 Å². The smallest absolute Gasteiger partial charge is 0.266 e. The van der Waals surface area contributed by atoms with Crippen LogP contribution >= 0.6 is 11.6 Å². The second-order valence-corrected chi connectivity index (χ2v) is 8.55. The summed E-state index contributed by atoms with van der Waals surface area (Å²) in [5.74, 6) is -0.0264. The van der Waals surface area contributed by atoms with Gasteiger partial charge in [0.15, 0.2) is 0 Å². The number of hydrogen-bond acceptors (Lipinski definition) is 3. The molecule has 0 aromatic heterocycles. The predicted octanol–water partition coefficient (Wildman–Crippen LogP) is 6.00. The van der Waals surface area contributed by atoms with Crippen molar-refractivity contribution in [1.29, 1.82) is 5.26 Å². The van der Waals surface area contributed by atoms with Crippen LogP contribution in [0.25, 0.3) is 6.08 Å². The molecule has 150 valence electrons. The Labute approximate surface area is 177 Å². The lowest BCUT2D eigenvalue weighted by Gasteiger charge is -2.47. The second-order valence-electron chi connectivity index (χ2n) is 8.11. The van der Waals surface area contributed by atoms with Crippen LogP contribution in [0.1, 0.15) is 51.2 Å². The number of nitrogens with one attached hydrogen (secondary N) is 1. The first-order valence-electron chi connectivity index (χ1n) is 9.85. The maximum Gasteiger partial charge on any atom is 0.266 e. The van der Waals surface area contributed by atoms with E-state index in [1.807, 2.05) is 12.1 Å². The fraction of sp³-hybridized carbons (Fsp3) is 0.333. The van der Waals surface area contributed by atoms with Crippen LogP contribution in [-0.4, -0.2) is 18.0 Å². The molecule has 0 saturated carbocycles. The van der Waals surface area contributed by atoms with Crippen molar-refractivity contribution in [3.05, 3.63) is 64.2 Å². The van der Waals surface area contributed by atoms with E-state index in [0.29, 0.717) is 16.6 Å². The van der Waals surface area contributed by atoms with E-state index in [4.69, 9.17) is 11.6 Å². The lowest BCUT2D eigenvalue weighted by molar-refractivity contribution is -0.112. The molecule has 4 nitrogen and oxygen atoms in total. The van der Waals surface area contributed by atoms with Gasteiger partial charge in [-0.2, -0.15) is 5.26 Å². The molecule has 0 saturated heterocycles. The van der Waals surface area contributed by atoms with Crippen LogP contribution in [0.2, 0.25) is 5.02 Å². The molecule has 1 N–H and O–H groups in total. The average Bonchev–Trinajstić information content (AvgIpc) is 2.67. The monoisotopic (exact) mass is 407 g/mol. The molecule has 2 aromatic carbocycles. The molecule has 0 aliphatic carbocycles. The van der Waals surface area contributed by atoms with Crippen molar-refractivity contribution in [3.63, 3.8) is 0 Å². The number of amides is 1. The van der Waals surface area contributed by atoms with E-state index < -0.39 is 5.91 Å². The zero-order valence-corrected chi connectivity index (χ0v) is 18.0. The fourth-order valence-corrected chi connectivity index (χ4v) is 4.37. The molecule has 0 spiro atoms. The van der Waals surface area contributed by atoms with Crippen molar-refractivity contribution >= 4 is 35.0 Å². The highest BCUT2D eigenvalue weighted by Crippen LogP contribution is 2.43. The van der Waals surface area contributed by atoms with Gasteiger partial charge >= 0.3 is 0 Å². The summed E-state index contributed by atoms with van der Waals surface area (Å²) in [6.45, 7) is 9.90. The molecule has 1 aliphatic rings. The third-order valence-corrected chi connectivity index (χ3v) is 5.76. The molecule has 2 aromatic rings. The molecule has 0 bridgehead atoms. The van der Waals surface area contributed by atoms with E-state index in [9.17, 15) is 10.1 Å². The largest absolute Gasteiger partial charge is 0.366 e. The van der Waals surface area contributed by atoms with Crippen LogP contribution in [0.5, 0.6) is 0 Å². The highest BCUT2D eigenvalue weighted by atomic mass is 35.5. The van der Waals surface area contributed by atoms with E-state index in [-0.39, 0.29) is 11.1 Å². The molecule has 1 unspecified atom stereocenters. The van der Waals surface area contributed by atoms with Crippen molar-refractivity contribution in [2.75, 3.05) is 16.8 Å². The number of nitriles is 1. The molecule has 1 aliphatic heterocycles. The minimum Gasteiger partial charge on any atom is -0.366 e. The van der Waals surface area contributed by atoms with Crippen LogP contribution in [0.15, 0.2) is 48.0 Å². The summed E-state index contributed by atoms with van der Waals surface area (Å²) in [6, 6.07) is 15.0. The van der Waals surface area contributed by atoms with Crippen LogP contribution in [0.4, 0.5) is 11.4 Å². The highest BCUT2D eigenvalue weighted by Gasteiger charge is 2.35. The van der Waals surface area contributed by atoms with E-state index in [1.165, 1.54) is 11.3 Å². The summed E-state index contributed by atoms with van der Waals surface area (Å²) in [4.78, 5) is 15.0. The maximum atomic E-state index is 12.5. The number of hydrogen-bond donors (Lipinski definition) is 1. The van der Waals surface area contributed by atoms with Crippen molar-refractivity contribution < 1.29 is 4.79 Å². The first-order chi connectivity index (χ1) is 13.7. The Bertz CT molecular complexity index is 986. The van der Waals surface area contributed by atoms with Crippen LogP contribution in [-0.2, 0) is 4.79 Å². The summed E-state index contributed by atoms with van der Waals surface area (Å²) in [5.41, 5.74) is 4.12. The number of anilines is 2. The van der Waals surface area contributed by atoms with Gasteiger partial charge in [-0.1, -0.05) is 24.6 Å². The Morgan fingerprint density at radius 3 is 2.62 bits per heavy atom. The van der Waals surface area contributed by atoms with Gasteiger partial charge in [0.2, 0.25) is 0 Å². The van der Waals surface area contributed by atoms with E-state index in [2.05, 4.69) is 50.0 Å². The molecule has 0 radical (unpaired) electrons. The quantitative estimate of drug-likeness (QED) is 0.499. The molecule has 0 fully saturated rings. The molecule has 1 heterocycles. The fourth-order valence-electron chi connectivity index (χ4n) is 4.24. The molecular weight excluding hydrogens is 382 g/mol. The topological polar surface area (TPSA) is 56.1 Å². The Morgan fingerprint density at radius 2 is 2.00 bits per heavy atom. The second kappa shape index (κ2) is 8.31. The minimum atomic E-state index is -0.433. The zero-order chi connectivity index (χ0) is 21.2. The van der Waals surface area contributed by atoms with Crippen molar-refractivity contribution in [3.8, 4) is 6.07 Å². The molecule has 3 rings (SSSR count). The Kier molecular flexibility index (Phi) is 6.00. The van der Waals surface area contributed by atoms with E-state index >= 15 is 0 Å². The van der Waals surface area contributed by atoms with E-state index in [0.717, 1.165) is 18.5 Å². The minimum absolute atomic E-state index is 0.0658. The molecule has 1 atom stereocenters. The summed E-state index contributed by atoms with van der Waals surface area (Å²) in [6.07, 6.45) is 2.71. The number of rotatable bonds is 4. The van der Waals surface area contributed by atoms with Crippen LogP contribution < -0.4 is 10.2 Å². The number of nitrogens with zero attached hydrogens (tertiary/aromatic N) is 2. The molecular formula is C24H26ClN3O. The SMILES string of the molecule is CCN1c2ccc(/C=C(\C#N)C(=O)Nc3ccc(Cl)cc3)cc2C(C)CC1(C)C. The van der Waals surface area contributed by atoms with E-state index in [1.54, 1.807) is 30.3 Å². The first kappa shape index (κ1) is 21.0. The normalized spacial score (nSPS) is 18.0. The highest BCUT2D eigenvalue weighted by molar-refractivity contribution is 6.30. The number of carbonyl (C=O) groups excluding carboxylic acids is 1. The van der Waals surface area contributed by atoms with Gasteiger partial charge in [-0.15, -0.1) is 0 Å². The lowest BCUT2D eigenvalue weighted by Crippen LogP contribution is -2.48. The number of halogens is 1. The Balaban J connectivity index is 1.89. The van der Waals surface area contributed by atoms with Crippen LogP contribution in [0.3, 0.4) is 0 Å². The summed E-state index contributed by atoms with van der Waals surface area (Å²) in [5, 5.41) is 12.8. The number of benzene rings is 2. The van der Waals surface area contributed by atoms with Gasteiger partial charge in [-0.05, 0) is 86.7 Å². The molecule has 1 amide bonds. The zero-order valence-electron chi connectivity index (χ0n) is 17.3. The third kappa shape index (κ3) is 4.46. The third-order valence-electron chi connectivity index (χ3n) is 5.50. The van der Waals surface area contributed by atoms with Gasteiger partial charge in [-0.25, -0.2) is 0 Å². The van der Waals surface area contributed by atoms with Gasteiger partial charge < -0.3 is 10.2 Å². The Hall–Kier alpha value is -2.77. The standard InChI is InChI=1S/C24H26ClN3O/c1-5-28-22-11-6-17(13-21(22)16(2)14-24(28,3)4)12-18(15-26)23(29)27-20-9-7-19(25)8-10-20/h6-13,16H,5,14H2,1-4H3,(H,27,29)/b18-12+. The van der Waals surface area contributed by atoms with Gasteiger partial charge in [0.05, 0.1) is 0 Å². The lowest BCUT2D eigenvalue weighted by atomic mass is 9.79. The summed E-state index contributed by atoms with van der Waals surface area (Å²) < 4.78 is 0. The summed E-state index contributed by atoms with van der Waals surface area (Å²) >= 11 is 5.87. The first-order valence-corrected chi connectivity index (χ1v) is 10.2. The number of carbonyl (C=O) groups is 1. The van der Waals surface area contributed by atoms with Gasteiger partial charge in [0.1, 0.15) is 11.6 Å². The van der Waals surface area contributed by atoms with Crippen molar-refractivity contribution in [2.24, 2.45) is 0 Å². The van der Waals surface area contributed by atoms with Crippen LogP contribution in [0, 0.1) is 11.3 Å². The molecule has 5 heteroatoms. The number of fused-ring (bicyclic) bond motifs is 1. The predicted molar refractivity (Wildman–Crippen MR) is 120 cm³/mol. The summed E-state index contributed by atoms with van der Waals surface area (Å²) in [7, 11) is 0. The maximum absolute atomic E-state index is 12.5. The average molecular weight is 408 g/mol.